The molecule has 0 radical (unpaired) electrons. The van der Waals surface area contributed by atoms with Gasteiger partial charge in [0.05, 0.1) is 5.92 Å². The maximum absolute atomic E-state index is 13.2. The van der Waals surface area contributed by atoms with Crippen LogP contribution < -0.4 is 15.0 Å². The number of ether oxygens (including phenoxy) is 1. The Bertz CT molecular complexity index is 998. The first-order chi connectivity index (χ1) is 14.3. The van der Waals surface area contributed by atoms with E-state index in [0.29, 0.717) is 6.54 Å². The third-order valence-corrected chi connectivity index (χ3v) is 5.65. The van der Waals surface area contributed by atoms with Gasteiger partial charge in [-0.05, 0) is 42.7 Å². The van der Waals surface area contributed by atoms with Crippen LogP contribution in [0.15, 0.2) is 66.9 Å². The number of rotatable bonds is 4. The summed E-state index contributed by atoms with van der Waals surface area (Å²) in [6, 6.07) is 19.6. The fraction of sp³-hybridized carbons (Fsp3) is 0.250. The highest BCUT2D eigenvalue weighted by Gasteiger charge is 2.32. The first-order valence-corrected chi connectivity index (χ1v) is 10.1. The average Bonchev–Trinajstić information content (AvgIpc) is 3.31. The molecule has 0 saturated carbocycles. The van der Waals surface area contributed by atoms with Crippen molar-refractivity contribution in [1.82, 2.24) is 10.3 Å². The van der Waals surface area contributed by atoms with Gasteiger partial charge in [-0.2, -0.15) is 0 Å². The molecule has 0 spiro atoms. The molecular weight excluding hydrogens is 362 g/mol. The third-order valence-electron chi connectivity index (χ3n) is 5.65. The SMILES string of the molecule is O=C(NCc1ccnc(N2CCCC2)c1)C1c2ccccc2Oc2ccccc21. The number of hydrogen-bond donors (Lipinski definition) is 1. The Hall–Kier alpha value is -3.34. The molecule has 5 nitrogen and oxygen atoms in total. The van der Waals surface area contributed by atoms with Crippen LogP contribution in [0.2, 0.25) is 0 Å². The molecule has 0 bridgehead atoms. The van der Waals surface area contributed by atoms with Gasteiger partial charge in [0.15, 0.2) is 0 Å². The smallest absolute Gasteiger partial charge is 0.232 e. The van der Waals surface area contributed by atoms with Crippen LogP contribution in [0.25, 0.3) is 0 Å². The van der Waals surface area contributed by atoms with E-state index >= 15 is 0 Å². The molecule has 1 aromatic heterocycles. The van der Waals surface area contributed by atoms with Crippen LogP contribution in [0.5, 0.6) is 11.5 Å². The highest BCUT2D eigenvalue weighted by molar-refractivity contribution is 5.89. The molecule has 5 heteroatoms. The molecule has 1 amide bonds. The van der Waals surface area contributed by atoms with Crippen molar-refractivity contribution in [3.63, 3.8) is 0 Å². The normalized spacial score (nSPS) is 15.4. The van der Waals surface area contributed by atoms with Crippen LogP contribution in [0, 0.1) is 0 Å². The first kappa shape index (κ1) is 17.7. The fourth-order valence-electron chi connectivity index (χ4n) is 4.17. The summed E-state index contributed by atoms with van der Waals surface area (Å²) in [6.07, 6.45) is 4.25. The minimum Gasteiger partial charge on any atom is -0.457 e. The Morgan fingerprint density at radius 3 is 2.34 bits per heavy atom. The number of aromatic nitrogens is 1. The second-order valence-corrected chi connectivity index (χ2v) is 7.54. The van der Waals surface area contributed by atoms with Gasteiger partial charge in [-0.1, -0.05) is 36.4 Å². The number of fused-ring (bicyclic) bond motifs is 2. The van der Waals surface area contributed by atoms with Crippen molar-refractivity contribution in [3.8, 4) is 11.5 Å². The van der Waals surface area contributed by atoms with Gasteiger partial charge in [0, 0.05) is 37.0 Å². The second-order valence-electron chi connectivity index (χ2n) is 7.54. The molecule has 1 N–H and O–H groups in total. The summed E-state index contributed by atoms with van der Waals surface area (Å²) in [5.74, 6) is 2.08. The summed E-state index contributed by atoms with van der Waals surface area (Å²) in [4.78, 5) is 20.0. The number of carbonyl (C=O) groups is 1. The molecule has 1 fully saturated rings. The van der Waals surface area contributed by atoms with Crippen molar-refractivity contribution < 1.29 is 9.53 Å². The van der Waals surface area contributed by atoms with E-state index in [1.165, 1.54) is 12.8 Å². The molecule has 2 aliphatic heterocycles. The molecule has 29 heavy (non-hydrogen) atoms. The molecule has 2 aromatic carbocycles. The van der Waals surface area contributed by atoms with Crippen LogP contribution in [0.3, 0.4) is 0 Å². The van der Waals surface area contributed by atoms with Crippen molar-refractivity contribution in [3.05, 3.63) is 83.6 Å². The minimum atomic E-state index is -0.379. The Kier molecular flexibility index (Phi) is 4.64. The van der Waals surface area contributed by atoms with Gasteiger partial charge >= 0.3 is 0 Å². The molecule has 0 aliphatic carbocycles. The largest absolute Gasteiger partial charge is 0.457 e. The monoisotopic (exact) mass is 385 g/mol. The van der Waals surface area contributed by atoms with Gasteiger partial charge in [-0.25, -0.2) is 4.98 Å². The quantitative estimate of drug-likeness (QED) is 0.730. The Labute approximate surface area is 170 Å². The number of nitrogens with one attached hydrogen (secondary N) is 1. The van der Waals surface area contributed by atoms with Crippen molar-refractivity contribution in [1.29, 1.82) is 0 Å². The van der Waals surface area contributed by atoms with E-state index in [9.17, 15) is 4.79 Å². The topological polar surface area (TPSA) is 54.5 Å². The molecule has 2 aliphatic rings. The predicted octanol–water partition coefficient (Wildman–Crippen LogP) is 4.24. The van der Waals surface area contributed by atoms with E-state index in [4.69, 9.17) is 4.74 Å². The predicted molar refractivity (Wildman–Crippen MR) is 112 cm³/mol. The summed E-state index contributed by atoms with van der Waals surface area (Å²) >= 11 is 0. The van der Waals surface area contributed by atoms with Gasteiger partial charge in [0.1, 0.15) is 17.3 Å². The third kappa shape index (κ3) is 3.44. The van der Waals surface area contributed by atoms with E-state index in [1.54, 1.807) is 0 Å². The molecule has 0 atom stereocenters. The number of para-hydroxylation sites is 2. The zero-order valence-electron chi connectivity index (χ0n) is 16.2. The van der Waals surface area contributed by atoms with E-state index in [-0.39, 0.29) is 11.8 Å². The van der Waals surface area contributed by atoms with Crippen LogP contribution in [-0.4, -0.2) is 24.0 Å². The lowest BCUT2D eigenvalue weighted by Gasteiger charge is -2.27. The van der Waals surface area contributed by atoms with E-state index in [2.05, 4.69) is 21.3 Å². The average molecular weight is 385 g/mol. The van der Waals surface area contributed by atoms with Gasteiger partial charge < -0.3 is 15.0 Å². The lowest BCUT2D eigenvalue weighted by molar-refractivity contribution is -0.122. The molecule has 3 heterocycles. The number of amides is 1. The number of hydrogen-bond acceptors (Lipinski definition) is 4. The minimum absolute atomic E-state index is 0.0206. The zero-order chi connectivity index (χ0) is 19.6. The lowest BCUT2D eigenvalue weighted by atomic mass is 9.87. The molecule has 146 valence electrons. The number of benzene rings is 2. The summed E-state index contributed by atoms with van der Waals surface area (Å²) in [5.41, 5.74) is 2.86. The Morgan fingerprint density at radius 1 is 1.00 bits per heavy atom. The summed E-state index contributed by atoms with van der Waals surface area (Å²) in [7, 11) is 0. The number of pyridine rings is 1. The van der Waals surface area contributed by atoms with E-state index < -0.39 is 0 Å². The van der Waals surface area contributed by atoms with Crippen molar-refractivity contribution in [2.45, 2.75) is 25.3 Å². The van der Waals surface area contributed by atoms with E-state index in [1.807, 2.05) is 60.8 Å². The number of anilines is 1. The number of carbonyl (C=O) groups excluding carboxylic acids is 1. The van der Waals surface area contributed by atoms with Crippen molar-refractivity contribution >= 4 is 11.7 Å². The Morgan fingerprint density at radius 2 is 1.66 bits per heavy atom. The maximum atomic E-state index is 13.2. The first-order valence-electron chi connectivity index (χ1n) is 10.1. The van der Waals surface area contributed by atoms with Gasteiger partial charge in [0.25, 0.3) is 0 Å². The van der Waals surface area contributed by atoms with Gasteiger partial charge in [0.2, 0.25) is 5.91 Å². The van der Waals surface area contributed by atoms with Crippen LogP contribution in [-0.2, 0) is 11.3 Å². The van der Waals surface area contributed by atoms with Crippen LogP contribution >= 0.6 is 0 Å². The lowest BCUT2D eigenvalue weighted by Crippen LogP contribution is -2.31. The van der Waals surface area contributed by atoms with Gasteiger partial charge in [-0.3, -0.25) is 4.79 Å². The molecule has 1 saturated heterocycles. The molecule has 0 unspecified atom stereocenters. The zero-order valence-corrected chi connectivity index (χ0v) is 16.2. The van der Waals surface area contributed by atoms with Crippen LogP contribution in [0.4, 0.5) is 5.82 Å². The Balaban J connectivity index is 1.37. The summed E-state index contributed by atoms with van der Waals surface area (Å²) < 4.78 is 6.00. The van der Waals surface area contributed by atoms with Crippen molar-refractivity contribution in [2.24, 2.45) is 0 Å². The standard InChI is InChI=1S/C24H23N3O2/c28-24(26-16-17-11-12-25-22(15-17)27-13-5-6-14-27)23-18-7-1-3-9-20(18)29-21-10-4-2-8-19(21)23/h1-4,7-12,15,23H,5-6,13-14,16H2,(H,26,28). The second kappa shape index (κ2) is 7.59. The highest BCUT2D eigenvalue weighted by Crippen LogP contribution is 2.43. The molecular formula is C24H23N3O2. The van der Waals surface area contributed by atoms with E-state index in [0.717, 1.165) is 47.1 Å². The maximum Gasteiger partial charge on any atom is 0.232 e. The highest BCUT2D eigenvalue weighted by atomic mass is 16.5. The summed E-state index contributed by atoms with van der Waals surface area (Å²) in [6.45, 7) is 2.58. The van der Waals surface area contributed by atoms with Crippen molar-refractivity contribution in [2.75, 3.05) is 18.0 Å². The number of nitrogens with zero attached hydrogens (tertiary/aromatic N) is 2. The van der Waals surface area contributed by atoms with Gasteiger partial charge in [-0.15, -0.1) is 0 Å². The fourth-order valence-corrected chi connectivity index (χ4v) is 4.17. The molecule has 3 aromatic rings. The molecule has 5 rings (SSSR count). The van der Waals surface area contributed by atoms with Crippen LogP contribution in [0.1, 0.15) is 35.4 Å². The summed E-state index contributed by atoms with van der Waals surface area (Å²) in [5, 5.41) is 3.13.